The smallest absolute Gasteiger partial charge is 0.106 e. The summed E-state index contributed by atoms with van der Waals surface area (Å²) in [4.78, 5) is 0. The van der Waals surface area contributed by atoms with E-state index < -0.39 is 0 Å². The van der Waals surface area contributed by atoms with Crippen LogP contribution in [-0.4, -0.2) is 12.6 Å². The van der Waals surface area contributed by atoms with Gasteiger partial charge < -0.3 is 5.32 Å². The lowest BCUT2D eigenvalue weighted by atomic mass is 9.87. The SMILES string of the molecule is CNC1(C#N)CCCC(C(C)C)CC1. The Bertz CT molecular complexity index is 217. The summed E-state index contributed by atoms with van der Waals surface area (Å²) in [5, 5.41) is 12.4. The van der Waals surface area contributed by atoms with E-state index in [-0.39, 0.29) is 5.54 Å². The third-order valence-electron chi connectivity index (χ3n) is 3.76. The van der Waals surface area contributed by atoms with E-state index in [1.807, 2.05) is 7.05 Å². The van der Waals surface area contributed by atoms with Crippen LogP contribution < -0.4 is 5.32 Å². The van der Waals surface area contributed by atoms with Crippen molar-refractivity contribution in [3.05, 3.63) is 0 Å². The Morgan fingerprint density at radius 1 is 1.36 bits per heavy atom. The van der Waals surface area contributed by atoms with Crippen LogP contribution in [0.15, 0.2) is 0 Å². The average molecular weight is 194 g/mol. The van der Waals surface area contributed by atoms with Crippen LogP contribution in [0.5, 0.6) is 0 Å². The molecule has 2 nitrogen and oxygen atoms in total. The predicted molar refractivity (Wildman–Crippen MR) is 58.8 cm³/mol. The molecular formula is C12H22N2. The fourth-order valence-electron chi connectivity index (χ4n) is 2.45. The van der Waals surface area contributed by atoms with Crippen molar-refractivity contribution >= 4 is 0 Å². The zero-order valence-electron chi connectivity index (χ0n) is 9.64. The number of nitrogens with zero attached hydrogens (tertiary/aromatic N) is 1. The monoisotopic (exact) mass is 194 g/mol. The zero-order valence-corrected chi connectivity index (χ0v) is 9.64. The van der Waals surface area contributed by atoms with Crippen molar-refractivity contribution in [2.24, 2.45) is 11.8 Å². The van der Waals surface area contributed by atoms with E-state index in [0.717, 1.165) is 24.7 Å². The van der Waals surface area contributed by atoms with Crippen LogP contribution in [-0.2, 0) is 0 Å². The van der Waals surface area contributed by atoms with Crippen molar-refractivity contribution < 1.29 is 0 Å². The van der Waals surface area contributed by atoms with Crippen molar-refractivity contribution in [2.75, 3.05) is 7.05 Å². The molecule has 1 fully saturated rings. The summed E-state index contributed by atoms with van der Waals surface area (Å²) in [6.45, 7) is 4.59. The number of rotatable bonds is 2. The van der Waals surface area contributed by atoms with E-state index >= 15 is 0 Å². The topological polar surface area (TPSA) is 35.8 Å². The van der Waals surface area contributed by atoms with Gasteiger partial charge in [-0.05, 0) is 38.1 Å². The van der Waals surface area contributed by atoms with E-state index in [2.05, 4.69) is 25.2 Å². The molecule has 0 aromatic carbocycles. The molecule has 0 spiro atoms. The number of hydrogen-bond acceptors (Lipinski definition) is 2. The van der Waals surface area contributed by atoms with Crippen molar-refractivity contribution in [2.45, 2.75) is 51.5 Å². The second kappa shape index (κ2) is 4.79. The molecule has 0 aliphatic heterocycles. The molecule has 2 heteroatoms. The Kier molecular flexibility index (Phi) is 3.95. The van der Waals surface area contributed by atoms with Gasteiger partial charge in [0.25, 0.3) is 0 Å². The highest BCUT2D eigenvalue weighted by molar-refractivity contribution is 5.07. The van der Waals surface area contributed by atoms with E-state index in [1.54, 1.807) is 0 Å². The molecule has 80 valence electrons. The summed E-state index contributed by atoms with van der Waals surface area (Å²) in [6, 6.07) is 2.46. The van der Waals surface area contributed by atoms with Gasteiger partial charge in [0.15, 0.2) is 0 Å². The van der Waals surface area contributed by atoms with Crippen LogP contribution in [0, 0.1) is 23.2 Å². The second-order valence-electron chi connectivity index (χ2n) is 4.88. The van der Waals surface area contributed by atoms with Gasteiger partial charge in [-0.25, -0.2) is 0 Å². The first kappa shape index (κ1) is 11.5. The summed E-state index contributed by atoms with van der Waals surface area (Å²) < 4.78 is 0. The van der Waals surface area contributed by atoms with Gasteiger partial charge in [-0.2, -0.15) is 5.26 Å². The minimum atomic E-state index is -0.232. The Labute approximate surface area is 87.7 Å². The average Bonchev–Trinajstić information content (AvgIpc) is 2.40. The van der Waals surface area contributed by atoms with Gasteiger partial charge in [-0.1, -0.05) is 26.7 Å². The highest BCUT2D eigenvalue weighted by Crippen LogP contribution is 2.33. The van der Waals surface area contributed by atoms with E-state index in [1.165, 1.54) is 19.3 Å². The molecule has 2 atom stereocenters. The summed E-state index contributed by atoms with van der Waals surface area (Å²) in [5.41, 5.74) is -0.232. The molecule has 0 aromatic heterocycles. The van der Waals surface area contributed by atoms with Gasteiger partial charge >= 0.3 is 0 Å². The van der Waals surface area contributed by atoms with Crippen LogP contribution >= 0.6 is 0 Å². The minimum Gasteiger partial charge on any atom is -0.302 e. The van der Waals surface area contributed by atoms with E-state index in [0.29, 0.717) is 0 Å². The summed E-state index contributed by atoms with van der Waals surface area (Å²) >= 11 is 0. The van der Waals surface area contributed by atoms with Crippen LogP contribution in [0.3, 0.4) is 0 Å². The fourth-order valence-corrected chi connectivity index (χ4v) is 2.45. The summed E-state index contributed by atoms with van der Waals surface area (Å²) in [7, 11) is 1.92. The standard InChI is InChI=1S/C12H22N2/c1-10(2)11-5-4-7-12(9-13,14-3)8-6-11/h10-11,14H,4-8H2,1-3H3. The van der Waals surface area contributed by atoms with Crippen molar-refractivity contribution in [1.29, 1.82) is 5.26 Å². The molecule has 1 aliphatic carbocycles. The second-order valence-corrected chi connectivity index (χ2v) is 4.88. The quantitative estimate of drug-likeness (QED) is 0.686. The molecule has 0 amide bonds. The molecule has 0 heterocycles. The van der Waals surface area contributed by atoms with Crippen LogP contribution in [0.4, 0.5) is 0 Å². The Hall–Kier alpha value is -0.550. The molecule has 0 radical (unpaired) electrons. The van der Waals surface area contributed by atoms with Gasteiger partial charge in [-0.3, -0.25) is 0 Å². The summed E-state index contributed by atoms with van der Waals surface area (Å²) in [6.07, 6.45) is 5.72. The molecule has 0 saturated heterocycles. The molecule has 1 rings (SSSR count). The van der Waals surface area contributed by atoms with Crippen LogP contribution in [0.1, 0.15) is 46.0 Å². The van der Waals surface area contributed by atoms with Gasteiger partial charge in [0.2, 0.25) is 0 Å². The lowest BCUT2D eigenvalue weighted by Crippen LogP contribution is -2.40. The highest BCUT2D eigenvalue weighted by atomic mass is 14.9. The molecule has 1 N–H and O–H groups in total. The molecule has 1 aliphatic rings. The molecule has 2 unspecified atom stereocenters. The number of hydrogen-bond donors (Lipinski definition) is 1. The molecule has 14 heavy (non-hydrogen) atoms. The lowest BCUT2D eigenvalue weighted by Gasteiger charge is -2.24. The number of nitriles is 1. The van der Waals surface area contributed by atoms with E-state index in [4.69, 9.17) is 0 Å². The molecule has 1 saturated carbocycles. The zero-order chi connectivity index (χ0) is 10.6. The Morgan fingerprint density at radius 3 is 2.57 bits per heavy atom. The first-order chi connectivity index (χ1) is 6.63. The van der Waals surface area contributed by atoms with Crippen LogP contribution in [0.2, 0.25) is 0 Å². The molecule has 0 bridgehead atoms. The van der Waals surface area contributed by atoms with Crippen molar-refractivity contribution in [1.82, 2.24) is 5.32 Å². The number of nitrogens with one attached hydrogen (secondary N) is 1. The van der Waals surface area contributed by atoms with Gasteiger partial charge in [0.05, 0.1) is 6.07 Å². The van der Waals surface area contributed by atoms with Crippen molar-refractivity contribution in [3.8, 4) is 6.07 Å². The molecule has 0 aromatic rings. The normalized spacial score (nSPS) is 33.8. The minimum absolute atomic E-state index is 0.232. The fraction of sp³-hybridized carbons (Fsp3) is 0.917. The largest absolute Gasteiger partial charge is 0.302 e. The maximum absolute atomic E-state index is 9.18. The first-order valence-corrected chi connectivity index (χ1v) is 5.74. The van der Waals surface area contributed by atoms with Gasteiger partial charge in [0.1, 0.15) is 5.54 Å². The van der Waals surface area contributed by atoms with Crippen molar-refractivity contribution in [3.63, 3.8) is 0 Å². The predicted octanol–water partition coefficient (Wildman–Crippen LogP) is 2.70. The van der Waals surface area contributed by atoms with Crippen LogP contribution in [0.25, 0.3) is 0 Å². The first-order valence-electron chi connectivity index (χ1n) is 5.74. The summed E-state index contributed by atoms with van der Waals surface area (Å²) in [5.74, 6) is 1.58. The van der Waals surface area contributed by atoms with Gasteiger partial charge in [-0.15, -0.1) is 0 Å². The Balaban J connectivity index is 2.61. The Morgan fingerprint density at radius 2 is 2.07 bits per heavy atom. The lowest BCUT2D eigenvalue weighted by molar-refractivity contribution is 0.329. The molecular weight excluding hydrogens is 172 g/mol. The maximum atomic E-state index is 9.18. The third kappa shape index (κ3) is 2.48. The highest BCUT2D eigenvalue weighted by Gasteiger charge is 2.32. The third-order valence-corrected chi connectivity index (χ3v) is 3.76. The van der Waals surface area contributed by atoms with Gasteiger partial charge in [0, 0.05) is 0 Å². The maximum Gasteiger partial charge on any atom is 0.106 e. The van der Waals surface area contributed by atoms with E-state index in [9.17, 15) is 5.26 Å².